The first-order chi connectivity index (χ1) is 17.8. The Morgan fingerprint density at radius 2 is 1.42 bits per heavy atom. The summed E-state index contributed by atoms with van der Waals surface area (Å²) in [6, 6.07) is 17.2. The van der Waals surface area contributed by atoms with Crippen LogP contribution in [0.15, 0.2) is 72.8 Å². The zero-order chi connectivity index (χ0) is 26.0. The molecule has 3 aliphatic heterocycles. The second-order valence-corrected chi connectivity index (χ2v) is 10.3. The predicted molar refractivity (Wildman–Crippen MR) is 132 cm³/mol. The van der Waals surface area contributed by atoms with Crippen LogP contribution in [0.4, 0.5) is 13.2 Å². The Morgan fingerprint density at radius 3 is 1.97 bits per heavy atom. The summed E-state index contributed by atoms with van der Waals surface area (Å²) in [4.78, 5) is 26.1. The highest BCUT2D eigenvalue weighted by molar-refractivity contribution is 5.97. The quantitative estimate of drug-likeness (QED) is 0.231. The normalized spacial score (nSPS) is 22.1. The minimum absolute atomic E-state index is 0. The van der Waals surface area contributed by atoms with Gasteiger partial charge in [0.25, 0.3) is 0 Å². The number of nitrogens with zero attached hydrogens (tertiary/aromatic N) is 1. The summed E-state index contributed by atoms with van der Waals surface area (Å²) in [5.41, 5.74) is 1.35. The van der Waals surface area contributed by atoms with E-state index >= 15 is 0 Å². The fourth-order valence-corrected chi connectivity index (χ4v) is 5.98. The third-order valence-electron chi connectivity index (χ3n) is 7.86. The van der Waals surface area contributed by atoms with Crippen molar-refractivity contribution >= 4 is 11.8 Å². The largest absolute Gasteiger partial charge is 1.00 e. The van der Waals surface area contributed by atoms with Gasteiger partial charge < -0.3 is 26.2 Å². The fourth-order valence-electron chi connectivity index (χ4n) is 5.98. The van der Waals surface area contributed by atoms with Crippen LogP contribution in [-0.2, 0) is 9.53 Å². The minimum Gasteiger partial charge on any atom is -1.00 e. The first kappa shape index (κ1) is 28.0. The van der Waals surface area contributed by atoms with Crippen molar-refractivity contribution in [1.82, 2.24) is 0 Å². The molecular weight excluding hydrogens is 559 g/mol. The average molecular weight is 588 g/mol. The average Bonchev–Trinajstić information content (AvgIpc) is 2.88. The maximum absolute atomic E-state index is 14.0. The standard InChI is InChI=1S/C30H29F3NO3.BrH/c31-25-9-7-21(8-10-25)28(35)19-34-13-11-20(12-14-34)24(18-34)17-29(36)37-30(22-3-1-5-26(32)15-22)23-4-2-6-27(33)16-23;/h1-10,15-16,20,24,30H,11-14,17-19H2;1H/q+1;/p-1/t20?,24-,34?;/m0./s1. The first-order valence-electron chi connectivity index (χ1n) is 12.6. The van der Waals surface area contributed by atoms with E-state index in [0.29, 0.717) is 40.2 Å². The lowest BCUT2D eigenvalue weighted by Gasteiger charge is -2.52. The lowest BCUT2D eigenvalue weighted by atomic mass is 9.75. The summed E-state index contributed by atoms with van der Waals surface area (Å²) in [5.74, 6) is -1.35. The molecule has 0 radical (unpaired) electrons. The zero-order valence-electron chi connectivity index (χ0n) is 20.8. The number of rotatable bonds is 8. The fraction of sp³-hybridized carbons (Fsp3) is 0.333. The van der Waals surface area contributed by atoms with Gasteiger partial charge >= 0.3 is 5.97 Å². The van der Waals surface area contributed by atoms with Gasteiger partial charge in [0.05, 0.1) is 26.1 Å². The molecule has 6 rings (SSSR count). The molecule has 4 nitrogen and oxygen atoms in total. The molecule has 3 saturated heterocycles. The molecule has 3 heterocycles. The molecule has 0 spiro atoms. The van der Waals surface area contributed by atoms with Crippen LogP contribution in [0, 0.1) is 29.3 Å². The van der Waals surface area contributed by atoms with E-state index in [1.165, 1.54) is 60.7 Å². The Kier molecular flexibility index (Phi) is 8.73. The van der Waals surface area contributed by atoms with Crippen molar-refractivity contribution < 1.29 is 49.0 Å². The number of Topliss-reactive ketones (excluding diaryl/α,β-unsaturated/α-hetero) is 1. The number of hydrogen-bond donors (Lipinski definition) is 0. The molecule has 0 amide bonds. The highest BCUT2D eigenvalue weighted by Gasteiger charge is 2.47. The maximum atomic E-state index is 14.0. The summed E-state index contributed by atoms with van der Waals surface area (Å²) >= 11 is 0. The summed E-state index contributed by atoms with van der Waals surface area (Å²) in [5, 5.41) is 0. The molecule has 38 heavy (non-hydrogen) atoms. The predicted octanol–water partition coefficient (Wildman–Crippen LogP) is 2.87. The molecule has 0 saturated carbocycles. The smallest absolute Gasteiger partial charge is 0.307 e. The van der Waals surface area contributed by atoms with Crippen LogP contribution in [0.2, 0.25) is 0 Å². The lowest BCUT2D eigenvalue weighted by Crippen LogP contribution is -3.00. The molecule has 1 atom stereocenters. The Morgan fingerprint density at radius 1 is 0.842 bits per heavy atom. The summed E-state index contributed by atoms with van der Waals surface area (Å²) in [6.07, 6.45) is 1.09. The van der Waals surface area contributed by atoms with Crippen LogP contribution in [0.3, 0.4) is 0 Å². The van der Waals surface area contributed by atoms with Crippen LogP contribution in [0.5, 0.6) is 0 Å². The van der Waals surface area contributed by atoms with Crippen molar-refractivity contribution in [3.8, 4) is 0 Å². The van der Waals surface area contributed by atoms with Crippen molar-refractivity contribution in [3.63, 3.8) is 0 Å². The first-order valence-corrected chi connectivity index (χ1v) is 12.6. The lowest BCUT2D eigenvalue weighted by molar-refractivity contribution is -0.939. The Balaban J connectivity index is 0.00000336. The van der Waals surface area contributed by atoms with E-state index in [4.69, 9.17) is 4.74 Å². The van der Waals surface area contributed by atoms with Gasteiger partial charge in [-0.05, 0) is 65.6 Å². The second-order valence-electron chi connectivity index (χ2n) is 10.3. The minimum atomic E-state index is -0.928. The van der Waals surface area contributed by atoms with Crippen LogP contribution in [0.25, 0.3) is 0 Å². The van der Waals surface area contributed by atoms with E-state index in [2.05, 4.69) is 0 Å². The van der Waals surface area contributed by atoms with E-state index in [1.807, 2.05) is 0 Å². The van der Waals surface area contributed by atoms with Crippen molar-refractivity contribution in [3.05, 3.63) is 107 Å². The molecule has 0 aliphatic carbocycles. The molecule has 3 aliphatic rings. The molecule has 0 N–H and O–H groups in total. The molecule has 3 aromatic rings. The summed E-state index contributed by atoms with van der Waals surface area (Å²) in [7, 11) is 0. The van der Waals surface area contributed by atoms with Crippen molar-refractivity contribution in [1.29, 1.82) is 0 Å². The number of hydrogen-bond acceptors (Lipinski definition) is 3. The van der Waals surface area contributed by atoms with Crippen LogP contribution in [-0.4, -0.2) is 42.4 Å². The third kappa shape index (κ3) is 6.35. The van der Waals surface area contributed by atoms with Gasteiger partial charge in [0.15, 0.2) is 6.10 Å². The number of carbonyl (C=O) groups excluding carboxylic acids is 2. The Labute approximate surface area is 230 Å². The SMILES string of the molecule is O=C(C[C@H]1C[N+]2(CC(=O)c3ccc(F)cc3)CCC1CC2)OC(c1cccc(F)c1)c1cccc(F)c1.[Br-]. The molecule has 200 valence electrons. The van der Waals surface area contributed by atoms with Crippen molar-refractivity contribution in [2.24, 2.45) is 11.8 Å². The number of benzene rings is 3. The van der Waals surface area contributed by atoms with Gasteiger partial charge in [0.2, 0.25) is 5.78 Å². The zero-order valence-corrected chi connectivity index (χ0v) is 22.4. The molecular formula is C30H29BrF3NO3. The topological polar surface area (TPSA) is 43.4 Å². The van der Waals surface area contributed by atoms with Gasteiger partial charge in [-0.25, -0.2) is 13.2 Å². The number of halogens is 4. The summed E-state index contributed by atoms with van der Waals surface area (Å²) < 4.78 is 47.7. The molecule has 3 aromatic carbocycles. The monoisotopic (exact) mass is 587 g/mol. The number of piperidine rings is 3. The van der Waals surface area contributed by atoms with Gasteiger partial charge in [-0.2, -0.15) is 0 Å². The van der Waals surface area contributed by atoms with E-state index < -0.39 is 23.7 Å². The van der Waals surface area contributed by atoms with Gasteiger partial charge in [0, 0.05) is 24.3 Å². The number of quaternary nitrogens is 1. The number of fused-ring (bicyclic) bond motifs is 3. The van der Waals surface area contributed by atoms with E-state index in [-0.39, 0.29) is 40.9 Å². The number of ketones is 1. The van der Waals surface area contributed by atoms with Gasteiger partial charge in [0.1, 0.15) is 24.0 Å². The van der Waals surface area contributed by atoms with Gasteiger partial charge in [-0.1, -0.05) is 24.3 Å². The van der Waals surface area contributed by atoms with E-state index in [1.54, 1.807) is 12.1 Å². The van der Waals surface area contributed by atoms with E-state index in [9.17, 15) is 22.8 Å². The van der Waals surface area contributed by atoms with Crippen molar-refractivity contribution in [2.45, 2.75) is 25.4 Å². The van der Waals surface area contributed by atoms with Crippen LogP contribution >= 0.6 is 0 Å². The number of esters is 1. The Hall–Kier alpha value is -2.97. The van der Waals surface area contributed by atoms with Crippen molar-refractivity contribution in [2.75, 3.05) is 26.2 Å². The number of ether oxygens (including phenoxy) is 1. The molecule has 2 bridgehead atoms. The molecule has 0 aromatic heterocycles. The Bertz CT molecular complexity index is 1250. The van der Waals surface area contributed by atoms with Crippen LogP contribution in [0.1, 0.15) is 46.9 Å². The highest BCUT2D eigenvalue weighted by Crippen LogP contribution is 2.40. The third-order valence-corrected chi connectivity index (χ3v) is 7.86. The molecule has 3 fully saturated rings. The summed E-state index contributed by atoms with van der Waals surface area (Å²) in [6.45, 7) is 2.76. The number of carbonyl (C=O) groups is 2. The second kappa shape index (κ2) is 11.8. The molecule has 8 heteroatoms. The highest BCUT2D eigenvalue weighted by atomic mass is 79.9. The van der Waals surface area contributed by atoms with Gasteiger partial charge in [-0.15, -0.1) is 0 Å². The van der Waals surface area contributed by atoms with Crippen LogP contribution < -0.4 is 17.0 Å². The van der Waals surface area contributed by atoms with E-state index in [0.717, 1.165) is 25.9 Å². The maximum Gasteiger partial charge on any atom is 0.307 e. The van der Waals surface area contributed by atoms with Gasteiger partial charge in [-0.3, -0.25) is 9.59 Å². The molecule has 0 unspecified atom stereocenters.